The van der Waals surface area contributed by atoms with Crippen molar-refractivity contribution in [2.45, 2.75) is 68.9 Å². The highest BCUT2D eigenvalue weighted by atomic mass is 32.2. The molecule has 0 heterocycles. The molecule has 1 rings (SSSR count). The number of hydrogen-bond acceptors (Lipinski definition) is 6. The molecule has 0 fully saturated rings. The number of amides is 2. The number of benzene rings is 1. The van der Waals surface area contributed by atoms with Crippen molar-refractivity contribution >= 4 is 27.3 Å². The lowest BCUT2D eigenvalue weighted by molar-refractivity contribution is -0.128. The van der Waals surface area contributed by atoms with Crippen LogP contribution in [0, 0.1) is 0 Å². The molecule has 164 valence electrons. The molecule has 1 unspecified atom stereocenters. The number of carbonyl (C=O) groups is 2. The Hall–Kier alpha value is -1.97. The lowest BCUT2D eigenvalue weighted by Crippen LogP contribution is -2.32. The molecule has 0 aliphatic carbocycles. The number of hydrogen-bond donors (Lipinski definition) is 4. The van der Waals surface area contributed by atoms with Crippen molar-refractivity contribution in [3.63, 3.8) is 0 Å². The maximum absolute atomic E-state index is 13.1. The molecule has 0 aromatic heterocycles. The fourth-order valence-electron chi connectivity index (χ4n) is 3.07. The van der Waals surface area contributed by atoms with Gasteiger partial charge in [0.15, 0.2) is 9.84 Å². The second-order valence-corrected chi connectivity index (χ2v) is 9.30. The van der Waals surface area contributed by atoms with Crippen LogP contribution in [-0.4, -0.2) is 43.8 Å². The minimum absolute atomic E-state index is 0.0188. The summed E-state index contributed by atoms with van der Waals surface area (Å²) in [5, 5.41) is 13.5. The number of hydroxylamine groups is 1. The van der Waals surface area contributed by atoms with Crippen molar-refractivity contribution in [3.05, 3.63) is 24.3 Å². The number of rotatable bonds is 14. The highest BCUT2D eigenvalue weighted by molar-refractivity contribution is 7.92. The molecule has 0 spiro atoms. The smallest absolute Gasteiger partial charge is 0.257 e. The highest BCUT2D eigenvalue weighted by Crippen LogP contribution is 2.25. The molecule has 0 aliphatic rings. The van der Waals surface area contributed by atoms with Crippen LogP contribution < -0.4 is 16.1 Å². The van der Waals surface area contributed by atoms with Gasteiger partial charge in [-0.25, -0.2) is 13.9 Å². The minimum Gasteiger partial charge on any atom is -0.326 e. The zero-order valence-electron chi connectivity index (χ0n) is 17.2. The molecule has 4 N–H and O–H groups in total. The summed E-state index contributed by atoms with van der Waals surface area (Å²) in [6, 6.07) is 6.25. The first-order valence-electron chi connectivity index (χ1n) is 10.1. The third kappa shape index (κ3) is 9.38. The zero-order chi connectivity index (χ0) is 21.7. The minimum atomic E-state index is -3.50. The van der Waals surface area contributed by atoms with Crippen molar-refractivity contribution in [3.8, 4) is 0 Å². The van der Waals surface area contributed by atoms with Crippen LogP contribution in [0.3, 0.4) is 0 Å². The summed E-state index contributed by atoms with van der Waals surface area (Å²) in [5.74, 6) is -0.746. The Morgan fingerprint density at radius 2 is 1.69 bits per heavy atom. The number of unbranched alkanes of at least 4 members (excludes halogenated alkanes) is 3. The molecule has 0 aliphatic heterocycles. The van der Waals surface area contributed by atoms with Gasteiger partial charge in [0.1, 0.15) is 0 Å². The molecule has 8 nitrogen and oxygen atoms in total. The Morgan fingerprint density at radius 3 is 2.28 bits per heavy atom. The van der Waals surface area contributed by atoms with Gasteiger partial charge in [-0.2, -0.15) is 0 Å². The first kappa shape index (κ1) is 25.1. The molecule has 1 aromatic carbocycles. The summed E-state index contributed by atoms with van der Waals surface area (Å²) < 4.78 is 26.3. The SMILES string of the molecule is CCCCCCC(CCCNCC(=O)NO)S(=O)(=O)c1ccc(NC(C)=O)cc1. The second kappa shape index (κ2) is 13.3. The third-order valence-corrected chi connectivity index (χ3v) is 6.89. The standard InChI is InChI=1S/C20H33N3O5S/c1-3-4-5-6-8-18(9-7-14-21-15-20(25)23-26)29(27,28)19-12-10-17(11-13-19)22-16(2)24/h10-13,18,21,26H,3-9,14-15H2,1-2H3,(H,22,24)(H,23,25). The van der Waals surface area contributed by atoms with E-state index in [0.29, 0.717) is 31.5 Å². The van der Waals surface area contributed by atoms with Crippen molar-refractivity contribution in [1.82, 2.24) is 10.8 Å². The van der Waals surface area contributed by atoms with Gasteiger partial charge in [-0.3, -0.25) is 14.8 Å². The fourth-order valence-corrected chi connectivity index (χ4v) is 4.93. The summed E-state index contributed by atoms with van der Waals surface area (Å²) in [5.41, 5.74) is 2.10. The van der Waals surface area contributed by atoms with Crippen LogP contribution in [0.25, 0.3) is 0 Å². The molecule has 2 amide bonds. The molecule has 0 radical (unpaired) electrons. The van der Waals surface area contributed by atoms with Crippen LogP contribution in [0.2, 0.25) is 0 Å². The van der Waals surface area contributed by atoms with Crippen LogP contribution in [0.5, 0.6) is 0 Å². The normalized spacial score (nSPS) is 12.4. The van der Waals surface area contributed by atoms with E-state index in [4.69, 9.17) is 5.21 Å². The lowest BCUT2D eigenvalue weighted by atomic mass is 10.1. The quantitative estimate of drug-likeness (QED) is 0.205. The van der Waals surface area contributed by atoms with Crippen LogP contribution in [0.4, 0.5) is 5.69 Å². The number of carbonyl (C=O) groups excluding carboxylic acids is 2. The van der Waals surface area contributed by atoms with Gasteiger partial charge in [-0.1, -0.05) is 32.6 Å². The Labute approximate surface area is 173 Å². The Balaban J connectivity index is 2.77. The molecule has 0 saturated carbocycles. The second-order valence-electron chi connectivity index (χ2n) is 7.08. The van der Waals surface area contributed by atoms with Crippen LogP contribution in [0.1, 0.15) is 58.8 Å². The Morgan fingerprint density at radius 1 is 1.03 bits per heavy atom. The van der Waals surface area contributed by atoms with Crippen molar-refractivity contribution < 1.29 is 23.2 Å². The summed E-state index contributed by atoms with van der Waals surface area (Å²) in [6.45, 7) is 3.97. The van der Waals surface area contributed by atoms with E-state index in [2.05, 4.69) is 17.6 Å². The summed E-state index contributed by atoms with van der Waals surface area (Å²) in [4.78, 5) is 22.4. The molecule has 0 saturated heterocycles. The molecular weight excluding hydrogens is 394 g/mol. The van der Waals surface area contributed by atoms with Gasteiger partial charge in [0.2, 0.25) is 5.91 Å². The van der Waals surface area contributed by atoms with Gasteiger partial charge < -0.3 is 10.6 Å². The summed E-state index contributed by atoms with van der Waals surface area (Å²) in [6.07, 6.45) is 5.68. The van der Waals surface area contributed by atoms with E-state index in [1.165, 1.54) is 19.1 Å². The molecule has 1 aromatic rings. The Bertz CT molecular complexity index is 735. The zero-order valence-corrected chi connectivity index (χ0v) is 18.1. The average molecular weight is 428 g/mol. The largest absolute Gasteiger partial charge is 0.326 e. The van der Waals surface area contributed by atoms with Crippen molar-refractivity contribution in [1.29, 1.82) is 0 Å². The molecule has 1 atom stereocenters. The third-order valence-electron chi connectivity index (χ3n) is 4.61. The maximum atomic E-state index is 13.1. The maximum Gasteiger partial charge on any atom is 0.257 e. The van der Waals surface area contributed by atoms with Gasteiger partial charge in [-0.15, -0.1) is 0 Å². The predicted molar refractivity (Wildman–Crippen MR) is 113 cm³/mol. The van der Waals surface area contributed by atoms with Gasteiger partial charge in [0.25, 0.3) is 5.91 Å². The van der Waals surface area contributed by atoms with E-state index in [-0.39, 0.29) is 17.3 Å². The monoisotopic (exact) mass is 427 g/mol. The van der Waals surface area contributed by atoms with Gasteiger partial charge in [-0.05, 0) is 50.1 Å². The predicted octanol–water partition coefficient (Wildman–Crippen LogP) is 2.63. The molecular formula is C20H33N3O5S. The first-order chi connectivity index (χ1) is 13.8. The fraction of sp³-hybridized carbons (Fsp3) is 0.600. The average Bonchev–Trinajstić information content (AvgIpc) is 2.68. The molecule has 0 bridgehead atoms. The highest BCUT2D eigenvalue weighted by Gasteiger charge is 2.26. The van der Waals surface area contributed by atoms with E-state index in [9.17, 15) is 18.0 Å². The molecule has 29 heavy (non-hydrogen) atoms. The molecule has 9 heteroatoms. The topological polar surface area (TPSA) is 125 Å². The van der Waals surface area contributed by atoms with Crippen LogP contribution in [-0.2, 0) is 19.4 Å². The first-order valence-corrected chi connectivity index (χ1v) is 11.6. The van der Waals surface area contributed by atoms with E-state index < -0.39 is 21.0 Å². The van der Waals surface area contributed by atoms with Gasteiger partial charge in [0.05, 0.1) is 16.7 Å². The van der Waals surface area contributed by atoms with Crippen LogP contribution >= 0.6 is 0 Å². The van der Waals surface area contributed by atoms with E-state index in [1.807, 2.05) is 0 Å². The lowest BCUT2D eigenvalue weighted by Gasteiger charge is -2.18. The number of nitrogens with one attached hydrogen (secondary N) is 3. The Kier molecular flexibility index (Phi) is 11.5. The van der Waals surface area contributed by atoms with Gasteiger partial charge in [0, 0.05) is 12.6 Å². The summed E-state index contributed by atoms with van der Waals surface area (Å²) >= 11 is 0. The van der Waals surface area contributed by atoms with Crippen molar-refractivity contribution in [2.75, 3.05) is 18.4 Å². The number of anilines is 1. The van der Waals surface area contributed by atoms with E-state index >= 15 is 0 Å². The van der Waals surface area contributed by atoms with E-state index in [0.717, 1.165) is 25.7 Å². The van der Waals surface area contributed by atoms with Crippen LogP contribution in [0.15, 0.2) is 29.2 Å². The van der Waals surface area contributed by atoms with E-state index in [1.54, 1.807) is 17.6 Å². The van der Waals surface area contributed by atoms with Crippen molar-refractivity contribution in [2.24, 2.45) is 0 Å². The summed E-state index contributed by atoms with van der Waals surface area (Å²) in [7, 11) is -3.50. The number of sulfone groups is 1. The van der Waals surface area contributed by atoms with Gasteiger partial charge >= 0.3 is 0 Å².